The van der Waals surface area contributed by atoms with E-state index in [1.807, 2.05) is 63.6 Å². The first kappa shape index (κ1) is 20.7. The molecule has 3 rings (SSSR count). The summed E-state index contributed by atoms with van der Waals surface area (Å²) in [6.07, 6.45) is 2.04. The highest BCUT2D eigenvalue weighted by Crippen LogP contribution is 2.39. The second kappa shape index (κ2) is 8.55. The predicted octanol–water partition coefficient (Wildman–Crippen LogP) is 2.50. The maximum atomic E-state index is 11.6. The van der Waals surface area contributed by atoms with Crippen LogP contribution >= 0.6 is 0 Å². The quantitative estimate of drug-likeness (QED) is 0.423. The molecule has 0 atom stereocenters. The fourth-order valence-corrected chi connectivity index (χ4v) is 3.57. The molecule has 0 saturated carbocycles. The summed E-state index contributed by atoms with van der Waals surface area (Å²) in [5.41, 5.74) is 5.70. The topological polar surface area (TPSA) is 83.7 Å². The van der Waals surface area contributed by atoms with Gasteiger partial charge in [0.05, 0.1) is 7.11 Å². The lowest BCUT2D eigenvalue weighted by molar-refractivity contribution is -0.142. The average molecular weight is 396 g/mol. The lowest BCUT2D eigenvalue weighted by atomic mass is 9.90. The standard InChI is InChI=1S/C22H28N4O3/c1-14(27)29-13-18-17(15-7-6-8-16(11-15)28-5)9-10-19-21(18)20(23-2)12-22(24-3,25-4)26-19/h6-12,23-26H,13H2,1-5H3. The van der Waals surface area contributed by atoms with Crippen molar-refractivity contribution in [3.05, 3.63) is 53.6 Å². The first-order valence-corrected chi connectivity index (χ1v) is 9.47. The Balaban J connectivity index is 2.22. The highest BCUT2D eigenvalue weighted by atomic mass is 16.5. The van der Waals surface area contributed by atoms with Crippen molar-refractivity contribution in [2.24, 2.45) is 0 Å². The van der Waals surface area contributed by atoms with Gasteiger partial charge in [-0.2, -0.15) is 0 Å². The molecule has 0 aromatic heterocycles. The van der Waals surface area contributed by atoms with E-state index in [1.54, 1.807) is 7.11 Å². The minimum absolute atomic E-state index is 0.165. The Kier molecular flexibility index (Phi) is 6.10. The van der Waals surface area contributed by atoms with Crippen molar-refractivity contribution >= 4 is 17.4 Å². The van der Waals surface area contributed by atoms with Crippen LogP contribution < -0.4 is 26.0 Å². The third kappa shape index (κ3) is 4.06. The van der Waals surface area contributed by atoms with Gasteiger partial charge >= 0.3 is 5.97 Å². The van der Waals surface area contributed by atoms with Gasteiger partial charge in [-0.1, -0.05) is 18.2 Å². The zero-order valence-corrected chi connectivity index (χ0v) is 17.5. The highest BCUT2D eigenvalue weighted by molar-refractivity contribution is 5.87. The molecule has 29 heavy (non-hydrogen) atoms. The molecule has 7 heteroatoms. The zero-order chi connectivity index (χ0) is 21.0. The minimum atomic E-state index is -0.596. The number of rotatable bonds is 7. The summed E-state index contributed by atoms with van der Waals surface area (Å²) in [5.74, 6) is -0.148. The molecule has 0 fully saturated rings. The van der Waals surface area contributed by atoms with E-state index < -0.39 is 5.79 Å². The zero-order valence-electron chi connectivity index (χ0n) is 17.5. The number of hydrogen-bond acceptors (Lipinski definition) is 7. The molecule has 0 radical (unpaired) electrons. The first-order valence-electron chi connectivity index (χ1n) is 9.47. The Bertz CT molecular complexity index is 936. The van der Waals surface area contributed by atoms with Crippen molar-refractivity contribution in [1.29, 1.82) is 0 Å². The number of nitrogens with one attached hydrogen (secondary N) is 4. The molecular weight excluding hydrogens is 368 g/mol. The maximum Gasteiger partial charge on any atom is 0.302 e. The number of anilines is 1. The first-order chi connectivity index (χ1) is 14.0. The number of methoxy groups -OCH3 is 1. The number of likely N-dealkylation sites (N-methyl/N-ethyl adjacent to an activating group) is 2. The number of fused-ring (bicyclic) bond motifs is 1. The number of hydrogen-bond donors (Lipinski definition) is 4. The molecule has 0 saturated heterocycles. The van der Waals surface area contributed by atoms with Crippen LogP contribution in [-0.2, 0) is 16.1 Å². The van der Waals surface area contributed by atoms with Gasteiger partial charge in [-0.15, -0.1) is 0 Å². The SMILES string of the molecule is CNC1=CC(NC)(NC)Nc2ccc(-c3cccc(OC)c3)c(COC(C)=O)c21. The van der Waals surface area contributed by atoms with E-state index in [0.717, 1.165) is 39.4 Å². The summed E-state index contributed by atoms with van der Waals surface area (Å²) in [4.78, 5) is 11.6. The van der Waals surface area contributed by atoms with Gasteiger partial charge in [0.15, 0.2) is 5.79 Å². The molecule has 0 bridgehead atoms. The lowest BCUT2D eigenvalue weighted by Gasteiger charge is -2.38. The largest absolute Gasteiger partial charge is 0.497 e. The molecule has 0 unspecified atom stereocenters. The lowest BCUT2D eigenvalue weighted by Crippen LogP contribution is -2.60. The fraction of sp³-hybridized carbons (Fsp3) is 0.318. The van der Waals surface area contributed by atoms with Gasteiger partial charge in [-0.3, -0.25) is 15.4 Å². The number of carbonyl (C=O) groups is 1. The van der Waals surface area contributed by atoms with Crippen LogP contribution in [0.1, 0.15) is 18.1 Å². The average Bonchev–Trinajstić information content (AvgIpc) is 2.76. The van der Waals surface area contributed by atoms with Crippen LogP contribution in [0, 0.1) is 0 Å². The Hall–Kier alpha value is -3.03. The molecule has 1 aliphatic heterocycles. The summed E-state index contributed by atoms with van der Waals surface area (Å²) in [6.45, 7) is 1.58. The smallest absolute Gasteiger partial charge is 0.302 e. The Morgan fingerprint density at radius 3 is 2.52 bits per heavy atom. The molecule has 2 aromatic rings. The molecule has 7 nitrogen and oxygen atoms in total. The normalized spacial score (nSPS) is 14.3. The van der Waals surface area contributed by atoms with Crippen LogP contribution in [0.5, 0.6) is 5.75 Å². The van der Waals surface area contributed by atoms with Crippen LogP contribution in [0.15, 0.2) is 42.5 Å². The number of benzene rings is 2. The maximum absolute atomic E-state index is 11.6. The van der Waals surface area contributed by atoms with Crippen molar-refractivity contribution < 1.29 is 14.3 Å². The third-order valence-corrected chi connectivity index (χ3v) is 5.13. The molecule has 4 N–H and O–H groups in total. The third-order valence-electron chi connectivity index (χ3n) is 5.13. The van der Waals surface area contributed by atoms with E-state index in [2.05, 4.69) is 21.3 Å². The number of esters is 1. The molecule has 1 heterocycles. The van der Waals surface area contributed by atoms with E-state index in [-0.39, 0.29) is 12.6 Å². The molecule has 0 aliphatic carbocycles. The molecule has 2 aromatic carbocycles. The van der Waals surface area contributed by atoms with Gasteiger partial charge in [0.2, 0.25) is 0 Å². The van der Waals surface area contributed by atoms with Crippen LogP contribution in [0.3, 0.4) is 0 Å². The molecule has 0 spiro atoms. The predicted molar refractivity (Wildman–Crippen MR) is 115 cm³/mol. The van der Waals surface area contributed by atoms with Gasteiger partial charge < -0.3 is 20.1 Å². The van der Waals surface area contributed by atoms with E-state index in [9.17, 15) is 4.79 Å². The van der Waals surface area contributed by atoms with Crippen molar-refractivity contribution in [1.82, 2.24) is 16.0 Å². The monoisotopic (exact) mass is 396 g/mol. The summed E-state index contributed by atoms with van der Waals surface area (Å²) in [7, 11) is 7.28. The van der Waals surface area contributed by atoms with Gasteiger partial charge in [0.25, 0.3) is 0 Å². The summed E-state index contributed by atoms with van der Waals surface area (Å²) in [6, 6.07) is 11.9. The van der Waals surface area contributed by atoms with Gasteiger partial charge in [0, 0.05) is 36.5 Å². The Labute approximate surface area is 171 Å². The minimum Gasteiger partial charge on any atom is -0.497 e. The van der Waals surface area contributed by atoms with Crippen molar-refractivity contribution in [2.75, 3.05) is 33.6 Å². The highest BCUT2D eigenvalue weighted by Gasteiger charge is 2.32. The number of carbonyl (C=O) groups excluding carboxylic acids is 1. The van der Waals surface area contributed by atoms with E-state index in [4.69, 9.17) is 9.47 Å². The second-order valence-electron chi connectivity index (χ2n) is 6.77. The molecule has 0 amide bonds. The summed E-state index contributed by atoms with van der Waals surface area (Å²) in [5, 5.41) is 13.3. The van der Waals surface area contributed by atoms with E-state index >= 15 is 0 Å². The van der Waals surface area contributed by atoms with Crippen molar-refractivity contribution in [3.8, 4) is 16.9 Å². The van der Waals surface area contributed by atoms with E-state index in [0.29, 0.717) is 0 Å². The van der Waals surface area contributed by atoms with E-state index in [1.165, 1.54) is 6.92 Å². The van der Waals surface area contributed by atoms with Gasteiger partial charge in [-0.25, -0.2) is 0 Å². The molecule has 154 valence electrons. The van der Waals surface area contributed by atoms with Crippen molar-refractivity contribution in [3.63, 3.8) is 0 Å². The summed E-state index contributed by atoms with van der Waals surface area (Å²) < 4.78 is 10.8. The van der Waals surface area contributed by atoms with Crippen LogP contribution in [0.4, 0.5) is 5.69 Å². The van der Waals surface area contributed by atoms with Crippen LogP contribution in [0.2, 0.25) is 0 Å². The van der Waals surface area contributed by atoms with Crippen LogP contribution in [-0.4, -0.2) is 40.0 Å². The Morgan fingerprint density at radius 1 is 1.14 bits per heavy atom. The second-order valence-corrected chi connectivity index (χ2v) is 6.77. The number of ether oxygens (including phenoxy) is 2. The van der Waals surface area contributed by atoms with Crippen LogP contribution in [0.25, 0.3) is 16.8 Å². The fourth-order valence-electron chi connectivity index (χ4n) is 3.57. The molecular formula is C22H28N4O3. The van der Waals surface area contributed by atoms with Crippen molar-refractivity contribution in [2.45, 2.75) is 19.3 Å². The Morgan fingerprint density at radius 2 is 1.90 bits per heavy atom. The van der Waals surface area contributed by atoms with Gasteiger partial charge in [-0.05, 0) is 49.5 Å². The summed E-state index contributed by atoms with van der Waals surface area (Å²) >= 11 is 0. The van der Waals surface area contributed by atoms with Gasteiger partial charge in [0.1, 0.15) is 12.4 Å². The molecule has 1 aliphatic rings.